The molecule has 1 rings (SSSR count). The van der Waals surface area contributed by atoms with E-state index in [1.807, 2.05) is 6.07 Å². The van der Waals surface area contributed by atoms with E-state index in [1.165, 1.54) is 0 Å². The van der Waals surface area contributed by atoms with Crippen LogP contribution < -0.4 is 4.74 Å². The number of halogens is 1. The molecule has 0 aliphatic carbocycles. The van der Waals surface area contributed by atoms with Crippen molar-refractivity contribution in [2.45, 2.75) is 13.0 Å². The van der Waals surface area contributed by atoms with E-state index in [2.05, 4.69) is 0 Å². The summed E-state index contributed by atoms with van der Waals surface area (Å²) in [5, 5.41) is 0. The van der Waals surface area contributed by atoms with Crippen LogP contribution in [0.2, 0.25) is 0 Å². The van der Waals surface area contributed by atoms with Gasteiger partial charge in [-0.15, -0.1) is 11.6 Å². The van der Waals surface area contributed by atoms with Gasteiger partial charge in [-0.1, -0.05) is 18.2 Å². The zero-order chi connectivity index (χ0) is 10.4. The Bertz CT molecular complexity index is 287. The predicted molar refractivity (Wildman–Crippen MR) is 53.7 cm³/mol. The van der Waals surface area contributed by atoms with Gasteiger partial charge in [-0.3, -0.25) is 0 Å². The summed E-state index contributed by atoms with van der Waals surface area (Å²) >= 11 is 5.47. The van der Waals surface area contributed by atoms with Crippen LogP contribution in [0.5, 0.6) is 5.75 Å². The molecule has 0 radical (unpaired) electrons. The molecule has 0 aliphatic rings. The van der Waals surface area contributed by atoms with Gasteiger partial charge < -0.3 is 9.47 Å². The molecule has 3 nitrogen and oxygen atoms in total. The summed E-state index contributed by atoms with van der Waals surface area (Å²) in [4.78, 5) is 11.1. The molecule has 0 bridgehead atoms. The van der Waals surface area contributed by atoms with E-state index in [4.69, 9.17) is 21.1 Å². The number of ether oxygens (including phenoxy) is 2. The van der Waals surface area contributed by atoms with Crippen LogP contribution in [-0.4, -0.2) is 18.1 Å². The second-order valence-corrected chi connectivity index (χ2v) is 3.06. The third kappa shape index (κ3) is 3.66. The van der Waals surface area contributed by atoms with E-state index >= 15 is 0 Å². The number of hydrogen-bond donors (Lipinski definition) is 0. The summed E-state index contributed by atoms with van der Waals surface area (Å²) in [6.07, 6.45) is -1.07. The summed E-state index contributed by atoms with van der Waals surface area (Å²) in [7, 11) is 0. The van der Waals surface area contributed by atoms with E-state index in [1.54, 1.807) is 31.2 Å². The van der Waals surface area contributed by atoms with Gasteiger partial charge in [0.05, 0.1) is 5.88 Å². The van der Waals surface area contributed by atoms with E-state index in [0.29, 0.717) is 5.75 Å². The molecule has 0 saturated heterocycles. The van der Waals surface area contributed by atoms with Gasteiger partial charge >= 0.3 is 6.16 Å². The molecule has 1 aromatic carbocycles. The molecule has 0 fully saturated rings. The van der Waals surface area contributed by atoms with Crippen molar-refractivity contribution in [3.05, 3.63) is 30.3 Å². The minimum atomic E-state index is -0.732. The van der Waals surface area contributed by atoms with Gasteiger partial charge in [0.25, 0.3) is 0 Å². The standard InChI is InChI=1S/C10H11ClO3/c1-8(7-11)13-10(12)14-9-5-3-2-4-6-9/h2-6,8H,7H2,1H3/t8-/m0/s1. The predicted octanol–water partition coefficient (Wildman–Crippen LogP) is 2.83. The Balaban J connectivity index is 2.42. The average molecular weight is 215 g/mol. The van der Waals surface area contributed by atoms with E-state index < -0.39 is 6.16 Å². The molecule has 0 unspecified atom stereocenters. The lowest BCUT2D eigenvalue weighted by molar-refractivity contribution is 0.0740. The normalized spacial score (nSPS) is 11.9. The molecule has 0 aromatic heterocycles. The third-order valence-electron chi connectivity index (χ3n) is 1.46. The van der Waals surface area contributed by atoms with E-state index in [9.17, 15) is 4.79 Å². The molecule has 1 aromatic rings. The molecule has 1 atom stereocenters. The maximum absolute atomic E-state index is 11.1. The van der Waals surface area contributed by atoms with Crippen LogP contribution in [0, 0.1) is 0 Å². The molecule has 14 heavy (non-hydrogen) atoms. The van der Waals surface area contributed by atoms with Crippen molar-refractivity contribution in [3.63, 3.8) is 0 Å². The highest BCUT2D eigenvalue weighted by atomic mass is 35.5. The molecule has 0 aliphatic heterocycles. The molecular formula is C10H11ClO3. The van der Waals surface area contributed by atoms with Crippen LogP contribution in [0.4, 0.5) is 4.79 Å². The summed E-state index contributed by atoms with van der Waals surface area (Å²) in [5.41, 5.74) is 0. The number of para-hydroxylation sites is 1. The Morgan fingerprint density at radius 3 is 2.64 bits per heavy atom. The van der Waals surface area contributed by atoms with Crippen molar-refractivity contribution in [2.75, 3.05) is 5.88 Å². The number of carbonyl (C=O) groups is 1. The van der Waals surface area contributed by atoms with Crippen LogP contribution in [0.15, 0.2) is 30.3 Å². The topological polar surface area (TPSA) is 35.5 Å². The zero-order valence-electron chi connectivity index (χ0n) is 7.77. The Morgan fingerprint density at radius 2 is 2.07 bits per heavy atom. The van der Waals surface area contributed by atoms with Gasteiger partial charge in [0.15, 0.2) is 0 Å². The molecule has 4 heteroatoms. The van der Waals surface area contributed by atoms with Crippen LogP contribution in [0.3, 0.4) is 0 Å². The first-order valence-corrected chi connectivity index (χ1v) is 4.75. The number of benzene rings is 1. The Morgan fingerprint density at radius 1 is 1.43 bits per heavy atom. The van der Waals surface area contributed by atoms with Gasteiger partial charge in [0.1, 0.15) is 11.9 Å². The van der Waals surface area contributed by atoms with Crippen LogP contribution in [0.25, 0.3) is 0 Å². The maximum Gasteiger partial charge on any atom is 0.514 e. The lowest BCUT2D eigenvalue weighted by Gasteiger charge is -2.09. The number of carbonyl (C=O) groups excluding carboxylic acids is 1. The highest BCUT2D eigenvalue weighted by molar-refractivity contribution is 6.18. The van der Waals surface area contributed by atoms with Crippen LogP contribution >= 0.6 is 11.6 Å². The highest BCUT2D eigenvalue weighted by Gasteiger charge is 2.09. The molecule has 0 saturated carbocycles. The van der Waals surface area contributed by atoms with Gasteiger partial charge in [-0.2, -0.15) is 0 Å². The van der Waals surface area contributed by atoms with Gasteiger partial charge in [0, 0.05) is 0 Å². The van der Waals surface area contributed by atoms with Crippen molar-refractivity contribution in [2.24, 2.45) is 0 Å². The van der Waals surface area contributed by atoms with Gasteiger partial charge in [-0.25, -0.2) is 4.79 Å². The molecule has 0 amide bonds. The minimum absolute atomic E-state index is 0.254. The van der Waals surface area contributed by atoms with Crippen molar-refractivity contribution < 1.29 is 14.3 Å². The number of alkyl halides is 1. The van der Waals surface area contributed by atoms with Gasteiger partial charge in [-0.05, 0) is 19.1 Å². The first kappa shape index (κ1) is 10.9. The highest BCUT2D eigenvalue weighted by Crippen LogP contribution is 2.09. The number of rotatable bonds is 3. The van der Waals surface area contributed by atoms with Crippen molar-refractivity contribution in [1.29, 1.82) is 0 Å². The smallest absolute Gasteiger partial charge is 0.430 e. The van der Waals surface area contributed by atoms with Crippen LogP contribution in [-0.2, 0) is 4.74 Å². The second-order valence-electron chi connectivity index (χ2n) is 2.75. The van der Waals surface area contributed by atoms with E-state index in [0.717, 1.165) is 0 Å². The Labute approximate surface area is 87.6 Å². The maximum atomic E-state index is 11.1. The fourth-order valence-electron chi connectivity index (χ4n) is 0.805. The van der Waals surface area contributed by atoms with Crippen molar-refractivity contribution in [3.8, 4) is 5.75 Å². The molecular weight excluding hydrogens is 204 g/mol. The monoisotopic (exact) mass is 214 g/mol. The Kier molecular flexibility index (Phi) is 4.26. The average Bonchev–Trinajstić information content (AvgIpc) is 2.19. The first-order valence-electron chi connectivity index (χ1n) is 4.22. The Hall–Kier alpha value is -1.22. The van der Waals surface area contributed by atoms with E-state index in [-0.39, 0.29) is 12.0 Å². The lowest BCUT2D eigenvalue weighted by atomic mass is 10.3. The summed E-state index contributed by atoms with van der Waals surface area (Å²) in [6.45, 7) is 1.69. The second kappa shape index (κ2) is 5.50. The fourth-order valence-corrected chi connectivity index (χ4v) is 0.868. The summed E-state index contributed by atoms with van der Waals surface area (Å²) in [6, 6.07) is 8.72. The van der Waals surface area contributed by atoms with Crippen LogP contribution in [0.1, 0.15) is 6.92 Å². The van der Waals surface area contributed by atoms with Gasteiger partial charge in [0.2, 0.25) is 0 Å². The first-order chi connectivity index (χ1) is 6.72. The molecule has 76 valence electrons. The molecule has 0 heterocycles. The quantitative estimate of drug-likeness (QED) is 0.441. The third-order valence-corrected chi connectivity index (χ3v) is 1.89. The lowest BCUT2D eigenvalue weighted by Crippen LogP contribution is -2.19. The zero-order valence-corrected chi connectivity index (χ0v) is 8.53. The summed E-state index contributed by atoms with van der Waals surface area (Å²) < 4.78 is 9.68. The molecule has 0 N–H and O–H groups in total. The SMILES string of the molecule is C[C@@H](CCl)OC(=O)Oc1ccccc1. The van der Waals surface area contributed by atoms with Crippen molar-refractivity contribution in [1.82, 2.24) is 0 Å². The number of hydrogen-bond acceptors (Lipinski definition) is 3. The van der Waals surface area contributed by atoms with Crippen molar-refractivity contribution >= 4 is 17.8 Å². The minimum Gasteiger partial charge on any atom is -0.430 e. The molecule has 0 spiro atoms. The largest absolute Gasteiger partial charge is 0.514 e. The fraction of sp³-hybridized carbons (Fsp3) is 0.300. The summed E-state index contributed by atoms with van der Waals surface area (Å²) in [5.74, 6) is 0.712.